The Morgan fingerprint density at radius 3 is 2.35 bits per heavy atom. The molecule has 0 bridgehead atoms. The molecule has 0 aliphatic heterocycles. The summed E-state index contributed by atoms with van der Waals surface area (Å²) in [6.45, 7) is 4.72. The maximum atomic E-state index is 5.60. The number of aromatic nitrogens is 3. The first-order valence-corrected chi connectivity index (χ1v) is 11.3. The highest BCUT2D eigenvalue weighted by molar-refractivity contribution is 7.99. The van der Waals surface area contributed by atoms with Gasteiger partial charge in [0.25, 0.3) is 0 Å². The molecular weight excluding hydrogens is 402 g/mol. The van der Waals surface area contributed by atoms with Gasteiger partial charge in [0, 0.05) is 17.0 Å². The van der Waals surface area contributed by atoms with E-state index in [4.69, 9.17) is 4.74 Å². The first-order valence-electron chi connectivity index (χ1n) is 10.3. The van der Waals surface area contributed by atoms with Crippen molar-refractivity contribution in [2.24, 2.45) is 0 Å². The molecule has 0 atom stereocenters. The molecule has 156 valence electrons. The van der Waals surface area contributed by atoms with Crippen molar-refractivity contribution >= 4 is 17.8 Å². The fraction of sp³-hybridized carbons (Fsp3) is 0.154. The maximum absolute atomic E-state index is 5.60. The Morgan fingerprint density at radius 1 is 0.903 bits per heavy atom. The van der Waals surface area contributed by atoms with Crippen LogP contribution < -0.4 is 4.74 Å². The molecule has 4 aromatic rings. The van der Waals surface area contributed by atoms with Crippen LogP contribution in [0.1, 0.15) is 18.1 Å². The minimum Gasteiger partial charge on any atom is -0.494 e. The third kappa shape index (κ3) is 5.25. The van der Waals surface area contributed by atoms with Crippen LogP contribution in [-0.2, 0) is 0 Å². The van der Waals surface area contributed by atoms with Crippen molar-refractivity contribution in [1.82, 2.24) is 14.8 Å². The van der Waals surface area contributed by atoms with Crippen LogP contribution in [0, 0.1) is 6.92 Å². The van der Waals surface area contributed by atoms with Crippen LogP contribution in [-0.4, -0.2) is 27.1 Å². The minimum atomic E-state index is 0.648. The maximum Gasteiger partial charge on any atom is 0.196 e. The summed E-state index contributed by atoms with van der Waals surface area (Å²) in [4.78, 5) is 0. The topological polar surface area (TPSA) is 39.9 Å². The van der Waals surface area contributed by atoms with Crippen molar-refractivity contribution in [2.75, 3.05) is 12.4 Å². The predicted molar refractivity (Wildman–Crippen MR) is 129 cm³/mol. The number of hydrogen-bond donors (Lipinski definition) is 0. The Labute approximate surface area is 187 Å². The lowest BCUT2D eigenvalue weighted by molar-refractivity contribution is 0.340. The molecule has 0 amide bonds. The predicted octanol–water partition coefficient (Wildman–Crippen LogP) is 6.45. The zero-order valence-electron chi connectivity index (χ0n) is 17.7. The fourth-order valence-corrected chi connectivity index (χ4v) is 3.98. The highest BCUT2D eigenvalue weighted by atomic mass is 32.2. The minimum absolute atomic E-state index is 0.648. The van der Waals surface area contributed by atoms with Gasteiger partial charge in [0.1, 0.15) is 5.75 Å². The van der Waals surface area contributed by atoms with Crippen LogP contribution in [0.2, 0.25) is 0 Å². The molecule has 4 rings (SSSR count). The Kier molecular flexibility index (Phi) is 6.85. The standard InChI is InChI=1S/C26H25N3OS/c1-3-30-24-17-15-23(16-18-24)29-25(22-13-11-20(2)12-14-22)27-28-26(29)31-19-7-10-21-8-5-4-6-9-21/h4-18H,3,19H2,1-2H3. The van der Waals surface area contributed by atoms with Gasteiger partial charge in [-0.1, -0.05) is 84.1 Å². The van der Waals surface area contributed by atoms with Crippen LogP contribution in [0.3, 0.4) is 0 Å². The number of benzene rings is 3. The SMILES string of the molecule is CCOc1ccc(-n2c(SCC=Cc3ccccc3)nnc2-c2ccc(C)cc2)cc1. The molecule has 0 saturated carbocycles. The van der Waals surface area contributed by atoms with Gasteiger partial charge in [0.15, 0.2) is 11.0 Å². The van der Waals surface area contributed by atoms with E-state index >= 15 is 0 Å². The summed E-state index contributed by atoms with van der Waals surface area (Å²) < 4.78 is 7.72. The molecule has 0 N–H and O–H groups in total. The van der Waals surface area contributed by atoms with Gasteiger partial charge in [-0.15, -0.1) is 10.2 Å². The molecule has 0 unspecified atom stereocenters. The van der Waals surface area contributed by atoms with E-state index in [1.165, 1.54) is 11.1 Å². The van der Waals surface area contributed by atoms with Crippen molar-refractivity contribution < 1.29 is 4.74 Å². The summed E-state index contributed by atoms with van der Waals surface area (Å²) >= 11 is 1.67. The second-order valence-electron chi connectivity index (χ2n) is 7.06. The van der Waals surface area contributed by atoms with Gasteiger partial charge in [-0.3, -0.25) is 4.57 Å². The van der Waals surface area contributed by atoms with Crippen LogP contribution in [0.15, 0.2) is 90.1 Å². The highest BCUT2D eigenvalue weighted by Crippen LogP contribution is 2.29. The van der Waals surface area contributed by atoms with Crippen LogP contribution in [0.5, 0.6) is 5.75 Å². The molecule has 3 aromatic carbocycles. The van der Waals surface area contributed by atoms with Crippen LogP contribution >= 0.6 is 11.8 Å². The Bertz CT molecular complexity index is 1130. The molecular formula is C26H25N3OS. The van der Waals surface area contributed by atoms with Crippen molar-refractivity contribution in [3.05, 3.63) is 96.1 Å². The first kappa shape index (κ1) is 20.9. The van der Waals surface area contributed by atoms with Gasteiger partial charge in [-0.05, 0) is 43.7 Å². The molecule has 1 aromatic heterocycles. The van der Waals surface area contributed by atoms with E-state index in [0.717, 1.165) is 33.7 Å². The smallest absolute Gasteiger partial charge is 0.196 e. The van der Waals surface area contributed by atoms with Crippen LogP contribution in [0.25, 0.3) is 23.2 Å². The number of nitrogens with zero attached hydrogens (tertiary/aromatic N) is 3. The van der Waals surface area contributed by atoms with Gasteiger partial charge in [0.05, 0.1) is 6.61 Å². The van der Waals surface area contributed by atoms with E-state index in [9.17, 15) is 0 Å². The van der Waals surface area contributed by atoms with Crippen molar-refractivity contribution in [3.63, 3.8) is 0 Å². The summed E-state index contributed by atoms with van der Waals surface area (Å²) in [5.74, 6) is 2.49. The third-order valence-electron chi connectivity index (χ3n) is 4.77. The summed E-state index contributed by atoms with van der Waals surface area (Å²) in [7, 11) is 0. The van der Waals surface area contributed by atoms with E-state index in [1.54, 1.807) is 11.8 Å². The lowest BCUT2D eigenvalue weighted by Gasteiger charge is -2.11. The van der Waals surface area contributed by atoms with E-state index in [2.05, 4.69) is 82.4 Å². The molecule has 0 spiro atoms. The van der Waals surface area contributed by atoms with Crippen LogP contribution in [0.4, 0.5) is 0 Å². The highest BCUT2D eigenvalue weighted by Gasteiger charge is 2.16. The zero-order chi connectivity index (χ0) is 21.5. The largest absolute Gasteiger partial charge is 0.494 e. The summed E-state index contributed by atoms with van der Waals surface area (Å²) in [6.07, 6.45) is 4.29. The molecule has 31 heavy (non-hydrogen) atoms. The zero-order valence-corrected chi connectivity index (χ0v) is 18.5. The number of ether oxygens (including phenoxy) is 1. The van der Waals surface area contributed by atoms with E-state index in [-0.39, 0.29) is 0 Å². The summed E-state index contributed by atoms with van der Waals surface area (Å²) in [5.41, 5.74) is 4.46. The number of aryl methyl sites for hydroxylation is 1. The van der Waals surface area contributed by atoms with Crippen molar-refractivity contribution in [2.45, 2.75) is 19.0 Å². The third-order valence-corrected chi connectivity index (χ3v) is 5.65. The lowest BCUT2D eigenvalue weighted by Crippen LogP contribution is -2.00. The molecule has 1 heterocycles. The second-order valence-corrected chi connectivity index (χ2v) is 8.05. The molecule has 0 aliphatic rings. The number of thioether (sulfide) groups is 1. The number of rotatable bonds is 8. The first-order chi connectivity index (χ1) is 15.2. The summed E-state index contributed by atoms with van der Waals surface area (Å²) in [5, 5.41) is 9.89. The van der Waals surface area contributed by atoms with Gasteiger partial charge >= 0.3 is 0 Å². The molecule has 0 aliphatic carbocycles. The van der Waals surface area contributed by atoms with E-state index < -0.39 is 0 Å². The average Bonchev–Trinajstić information content (AvgIpc) is 3.22. The Balaban J connectivity index is 1.63. The number of hydrogen-bond acceptors (Lipinski definition) is 4. The lowest BCUT2D eigenvalue weighted by atomic mass is 10.1. The molecule has 5 heteroatoms. The molecule has 0 saturated heterocycles. The average molecular weight is 428 g/mol. The quantitative estimate of drug-likeness (QED) is 0.303. The molecule has 0 fully saturated rings. The normalized spacial score (nSPS) is 11.2. The van der Waals surface area contributed by atoms with Gasteiger partial charge in [0.2, 0.25) is 0 Å². The molecule has 4 nitrogen and oxygen atoms in total. The van der Waals surface area contributed by atoms with Gasteiger partial charge in [-0.2, -0.15) is 0 Å². The van der Waals surface area contributed by atoms with E-state index in [0.29, 0.717) is 6.61 Å². The van der Waals surface area contributed by atoms with Crippen molar-refractivity contribution in [3.8, 4) is 22.8 Å². The van der Waals surface area contributed by atoms with Crippen molar-refractivity contribution in [1.29, 1.82) is 0 Å². The van der Waals surface area contributed by atoms with Gasteiger partial charge in [-0.25, -0.2) is 0 Å². The second kappa shape index (κ2) is 10.1. The Hall–Kier alpha value is -3.31. The monoisotopic (exact) mass is 427 g/mol. The molecule has 0 radical (unpaired) electrons. The summed E-state index contributed by atoms with van der Waals surface area (Å²) in [6, 6.07) is 26.8. The Morgan fingerprint density at radius 2 is 1.65 bits per heavy atom. The van der Waals surface area contributed by atoms with Gasteiger partial charge < -0.3 is 4.74 Å². The van der Waals surface area contributed by atoms with E-state index in [1.807, 2.05) is 37.3 Å². The fourth-order valence-electron chi connectivity index (χ4n) is 3.21.